The number of hydrogen-bond donors (Lipinski definition) is 0. The van der Waals surface area contributed by atoms with Crippen LogP contribution in [0.3, 0.4) is 0 Å². The Morgan fingerprint density at radius 3 is 2.86 bits per heavy atom. The molecule has 22 heavy (non-hydrogen) atoms. The minimum absolute atomic E-state index is 0.285. The highest BCUT2D eigenvalue weighted by Crippen LogP contribution is 2.26. The van der Waals surface area contributed by atoms with E-state index in [-0.39, 0.29) is 12.7 Å². The first-order valence-corrected chi connectivity index (χ1v) is 7.24. The van der Waals surface area contributed by atoms with E-state index in [0.29, 0.717) is 19.0 Å². The molecule has 2 heterocycles. The van der Waals surface area contributed by atoms with E-state index in [1.54, 1.807) is 18.2 Å². The maximum Gasteiger partial charge on any atom is 0.410 e. The molecule has 1 aromatic heterocycles. The molecule has 0 aliphatic carbocycles. The van der Waals surface area contributed by atoms with Gasteiger partial charge in [0.25, 0.3) is 0 Å². The molecule has 1 amide bonds. The van der Waals surface area contributed by atoms with Gasteiger partial charge in [0, 0.05) is 18.3 Å². The van der Waals surface area contributed by atoms with Gasteiger partial charge in [0.15, 0.2) is 0 Å². The van der Waals surface area contributed by atoms with E-state index in [1.165, 1.54) is 5.56 Å². The van der Waals surface area contributed by atoms with Gasteiger partial charge < -0.3 is 14.4 Å². The van der Waals surface area contributed by atoms with Gasteiger partial charge in [0.05, 0.1) is 13.7 Å². The fourth-order valence-corrected chi connectivity index (χ4v) is 2.58. The number of benzene rings is 1. The second kappa shape index (κ2) is 6.47. The standard InChI is InChI=1S/C17H18N2O3/c1-21-16-15-11-19(10-8-14(15)7-9-18-16)17(20)22-12-13-5-3-2-4-6-13/h2-7,9H,8,10-12H2,1H3. The van der Waals surface area contributed by atoms with Crippen molar-refractivity contribution in [2.45, 2.75) is 19.6 Å². The maximum absolute atomic E-state index is 12.2. The lowest BCUT2D eigenvalue weighted by Gasteiger charge is -2.28. The fraction of sp³-hybridized carbons (Fsp3) is 0.294. The first kappa shape index (κ1) is 14.4. The van der Waals surface area contributed by atoms with Crippen molar-refractivity contribution < 1.29 is 14.3 Å². The van der Waals surface area contributed by atoms with E-state index in [2.05, 4.69) is 4.98 Å². The van der Waals surface area contributed by atoms with E-state index in [1.807, 2.05) is 36.4 Å². The molecule has 1 aliphatic rings. The van der Waals surface area contributed by atoms with Crippen LogP contribution in [0.25, 0.3) is 0 Å². The normalized spacial score (nSPS) is 13.4. The smallest absolute Gasteiger partial charge is 0.410 e. The Bertz CT molecular complexity index is 644. The summed E-state index contributed by atoms with van der Waals surface area (Å²) in [6, 6.07) is 11.6. The Kier molecular flexibility index (Phi) is 4.23. The Hall–Kier alpha value is -2.56. The van der Waals surface area contributed by atoms with Gasteiger partial charge in [-0.05, 0) is 23.6 Å². The Labute approximate surface area is 129 Å². The third kappa shape index (κ3) is 3.03. The molecule has 0 unspecified atom stereocenters. The zero-order chi connectivity index (χ0) is 15.4. The van der Waals surface area contributed by atoms with Crippen LogP contribution >= 0.6 is 0 Å². The van der Waals surface area contributed by atoms with Crippen molar-refractivity contribution in [1.82, 2.24) is 9.88 Å². The van der Waals surface area contributed by atoms with Crippen LogP contribution in [0, 0.1) is 0 Å². The van der Waals surface area contributed by atoms with E-state index in [0.717, 1.165) is 17.5 Å². The summed E-state index contributed by atoms with van der Waals surface area (Å²) in [5.41, 5.74) is 3.12. The van der Waals surface area contributed by atoms with Crippen molar-refractivity contribution in [3.63, 3.8) is 0 Å². The lowest BCUT2D eigenvalue weighted by Crippen LogP contribution is -2.36. The number of hydrogen-bond acceptors (Lipinski definition) is 4. The molecule has 3 rings (SSSR count). The zero-order valence-corrected chi connectivity index (χ0v) is 12.5. The average Bonchev–Trinajstić information content (AvgIpc) is 2.59. The Morgan fingerprint density at radius 2 is 2.09 bits per heavy atom. The van der Waals surface area contributed by atoms with E-state index in [9.17, 15) is 4.79 Å². The van der Waals surface area contributed by atoms with Crippen molar-refractivity contribution in [2.24, 2.45) is 0 Å². The van der Waals surface area contributed by atoms with Gasteiger partial charge in [-0.3, -0.25) is 0 Å². The van der Waals surface area contributed by atoms with Gasteiger partial charge in [0.2, 0.25) is 5.88 Å². The third-order valence-corrected chi connectivity index (χ3v) is 3.77. The quantitative estimate of drug-likeness (QED) is 0.874. The SMILES string of the molecule is COc1nccc2c1CN(C(=O)OCc1ccccc1)CC2. The molecule has 1 aromatic carbocycles. The van der Waals surface area contributed by atoms with Crippen molar-refractivity contribution in [1.29, 1.82) is 0 Å². The summed E-state index contributed by atoms with van der Waals surface area (Å²) in [5.74, 6) is 0.582. The molecule has 0 fully saturated rings. The van der Waals surface area contributed by atoms with Gasteiger partial charge in [-0.15, -0.1) is 0 Å². The fourth-order valence-electron chi connectivity index (χ4n) is 2.58. The number of rotatable bonds is 3. The minimum atomic E-state index is -0.305. The minimum Gasteiger partial charge on any atom is -0.481 e. The molecule has 0 radical (unpaired) electrons. The van der Waals surface area contributed by atoms with Crippen LogP contribution < -0.4 is 4.74 Å². The van der Waals surface area contributed by atoms with Crippen LogP contribution in [0.1, 0.15) is 16.7 Å². The Balaban J connectivity index is 1.65. The number of amides is 1. The van der Waals surface area contributed by atoms with Crippen LogP contribution in [-0.2, 0) is 24.3 Å². The van der Waals surface area contributed by atoms with Crippen LogP contribution in [0.2, 0.25) is 0 Å². The number of carbonyl (C=O) groups is 1. The van der Waals surface area contributed by atoms with Crippen LogP contribution in [0.15, 0.2) is 42.6 Å². The number of aromatic nitrogens is 1. The van der Waals surface area contributed by atoms with Crippen molar-refractivity contribution in [3.8, 4) is 5.88 Å². The van der Waals surface area contributed by atoms with Crippen molar-refractivity contribution in [2.75, 3.05) is 13.7 Å². The molecule has 114 valence electrons. The third-order valence-electron chi connectivity index (χ3n) is 3.77. The molecule has 0 atom stereocenters. The van der Waals surface area contributed by atoms with Gasteiger partial charge >= 0.3 is 6.09 Å². The summed E-state index contributed by atoms with van der Waals surface area (Å²) in [4.78, 5) is 18.1. The molecule has 5 nitrogen and oxygen atoms in total. The van der Waals surface area contributed by atoms with Gasteiger partial charge in [-0.25, -0.2) is 9.78 Å². The molecular weight excluding hydrogens is 280 g/mol. The lowest BCUT2D eigenvalue weighted by atomic mass is 10.0. The Morgan fingerprint density at radius 1 is 1.27 bits per heavy atom. The van der Waals surface area contributed by atoms with E-state index in [4.69, 9.17) is 9.47 Å². The number of fused-ring (bicyclic) bond motifs is 1. The number of pyridine rings is 1. The largest absolute Gasteiger partial charge is 0.481 e. The van der Waals surface area contributed by atoms with Crippen molar-refractivity contribution >= 4 is 6.09 Å². The maximum atomic E-state index is 12.2. The predicted octanol–water partition coefficient (Wildman–Crippen LogP) is 2.79. The first-order chi connectivity index (χ1) is 10.8. The summed E-state index contributed by atoms with van der Waals surface area (Å²) in [7, 11) is 1.59. The number of carbonyl (C=O) groups excluding carboxylic acids is 1. The first-order valence-electron chi connectivity index (χ1n) is 7.24. The zero-order valence-electron chi connectivity index (χ0n) is 12.5. The summed E-state index contributed by atoms with van der Waals surface area (Å²) < 4.78 is 10.7. The number of ether oxygens (including phenoxy) is 2. The van der Waals surface area contributed by atoms with Crippen LogP contribution in [0.4, 0.5) is 4.79 Å². The number of methoxy groups -OCH3 is 1. The second-order valence-corrected chi connectivity index (χ2v) is 5.17. The molecule has 0 bridgehead atoms. The molecular formula is C17H18N2O3. The van der Waals surface area contributed by atoms with Gasteiger partial charge in [-0.2, -0.15) is 0 Å². The molecule has 0 spiro atoms. The van der Waals surface area contributed by atoms with E-state index < -0.39 is 0 Å². The molecule has 0 N–H and O–H groups in total. The topological polar surface area (TPSA) is 51.7 Å². The molecule has 1 aliphatic heterocycles. The van der Waals surface area contributed by atoms with Crippen molar-refractivity contribution in [3.05, 3.63) is 59.3 Å². The van der Waals surface area contributed by atoms with Crippen LogP contribution in [0.5, 0.6) is 5.88 Å². The van der Waals surface area contributed by atoms with E-state index >= 15 is 0 Å². The second-order valence-electron chi connectivity index (χ2n) is 5.17. The summed E-state index contributed by atoms with van der Waals surface area (Å²) >= 11 is 0. The summed E-state index contributed by atoms with van der Waals surface area (Å²) in [5, 5.41) is 0. The summed E-state index contributed by atoms with van der Waals surface area (Å²) in [6.45, 7) is 1.40. The monoisotopic (exact) mass is 298 g/mol. The molecule has 0 saturated carbocycles. The molecule has 0 saturated heterocycles. The van der Waals surface area contributed by atoms with Crippen LogP contribution in [-0.4, -0.2) is 29.6 Å². The highest BCUT2D eigenvalue weighted by atomic mass is 16.6. The van der Waals surface area contributed by atoms with Gasteiger partial charge in [-0.1, -0.05) is 30.3 Å². The average molecular weight is 298 g/mol. The molecule has 2 aromatic rings. The lowest BCUT2D eigenvalue weighted by molar-refractivity contribution is 0.0914. The van der Waals surface area contributed by atoms with Gasteiger partial charge in [0.1, 0.15) is 6.61 Å². The number of nitrogens with zero attached hydrogens (tertiary/aromatic N) is 2. The predicted molar refractivity (Wildman–Crippen MR) is 81.5 cm³/mol. The summed E-state index contributed by atoms with van der Waals surface area (Å²) in [6.07, 6.45) is 2.22. The highest BCUT2D eigenvalue weighted by molar-refractivity contribution is 5.68. The highest BCUT2D eigenvalue weighted by Gasteiger charge is 2.24. The molecule has 5 heteroatoms.